The van der Waals surface area contributed by atoms with Crippen molar-refractivity contribution in [2.24, 2.45) is 0 Å². The minimum Gasteiger partial charge on any atom is -0.506 e. The number of phenolic OH excluding ortho intramolecular Hbond substituents is 1. The van der Waals surface area contributed by atoms with E-state index in [0.29, 0.717) is 23.0 Å². The number of aromatic nitrogens is 1. The van der Waals surface area contributed by atoms with Crippen molar-refractivity contribution in [1.82, 2.24) is 4.98 Å². The van der Waals surface area contributed by atoms with Gasteiger partial charge in [0.05, 0.1) is 5.52 Å². The lowest BCUT2D eigenvalue weighted by Gasteiger charge is -2.10. The second-order valence-electron chi connectivity index (χ2n) is 3.59. The molecule has 2 aromatic rings. The third kappa shape index (κ3) is 1.66. The van der Waals surface area contributed by atoms with Crippen molar-refractivity contribution >= 4 is 10.9 Å². The second kappa shape index (κ2) is 3.96. The Morgan fingerprint density at radius 2 is 2.06 bits per heavy atom. The minimum atomic E-state index is -0.700. The molecule has 5 heteroatoms. The summed E-state index contributed by atoms with van der Waals surface area (Å²) < 4.78 is 0. The van der Waals surface area contributed by atoms with E-state index in [-0.39, 0.29) is 11.3 Å². The van der Waals surface area contributed by atoms with Gasteiger partial charge in [0, 0.05) is 11.5 Å². The molecule has 84 valence electrons. The zero-order chi connectivity index (χ0) is 11.7. The third-order valence-electron chi connectivity index (χ3n) is 2.54. The fraction of sp³-hybridized carbons (Fsp3) is 0.182. The van der Waals surface area contributed by atoms with E-state index in [4.69, 9.17) is 0 Å². The molecule has 0 aliphatic rings. The number of pyridine rings is 1. The minimum absolute atomic E-state index is 0.00675. The molecular weight excluding hydrogens is 208 g/mol. The highest BCUT2D eigenvalue weighted by atomic mass is 16.3. The lowest BCUT2D eigenvalue weighted by Crippen LogP contribution is -2.52. The van der Waals surface area contributed by atoms with Crippen molar-refractivity contribution in [3.63, 3.8) is 0 Å². The Hall–Kier alpha value is -1.85. The molecule has 1 unspecified atom stereocenters. The molecule has 0 saturated carbocycles. The number of phenols is 1. The summed E-state index contributed by atoms with van der Waals surface area (Å²) in [5, 5.41) is 20.0. The number of aromatic amines is 1. The van der Waals surface area contributed by atoms with E-state index >= 15 is 0 Å². The van der Waals surface area contributed by atoms with Gasteiger partial charge in [-0.1, -0.05) is 6.07 Å². The maximum atomic E-state index is 11.1. The fourth-order valence-corrected chi connectivity index (χ4v) is 1.71. The van der Waals surface area contributed by atoms with Crippen molar-refractivity contribution in [3.8, 4) is 5.75 Å². The van der Waals surface area contributed by atoms with Crippen LogP contribution in [0.1, 0.15) is 11.7 Å². The molecule has 0 radical (unpaired) electrons. The highest BCUT2D eigenvalue weighted by Gasteiger charge is 2.13. The molecular formula is C11H13N2O3+. The molecule has 1 atom stereocenters. The fourth-order valence-electron chi connectivity index (χ4n) is 1.71. The number of aliphatic hydroxyl groups excluding tert-OH is 1. The molecule has 5 nitrogen and oxygen atoms in total. The van der Waals surface area contributed by atoms with Crippen molar-refractivity contribution in [2.75, 3.05) is 6.54 Å². The van der Waals surface area contributed by atoms with Crippen LogP contribution in [0.15, 0.2) is 29.1 Å². The monoisotopic (exact) mass is 221 g/mol. The average Bonchev–Trinajstić information content (AvgIpc) is 2.29. The highest BCUT2D eigenvalue weighted by Crippen LogP contribution is 2.27. The van der Waals surface area contributed by atoms with Crippen LogP contribution in [0.4, 0.5) is 0 Å². The second-order valence-corrected chi connectivity index (χ2v) is 3.59. The predicted molar refractivity (Wildman–Crippen MR) is 58.9 cm³/mol. The lowest BCUT2D eigenvalue weighted by molar-refractivity contribution is -0.385. The summed E-state index contributed by atoms with van der Waals surface area (Å²) in [5.74, 6) is -0.00675. The van der Waals surface area contributed by atoms with Gasteiger partial charge >= 0.3 is 0 Å². The van der Waals surface area contributed by atoms with E-state index in [1.54, 1.807) is 12.1 Å². The van der Waals surface area contributed by atoms with Crippen LogP contribution in [-0.4, -0.2) is 21.7 Å². The van der Waals surface area contributed by atoms with Crippen LogP contribution >= 0.6 is 0 Å². The first-order chi connectivity index (χ1) is 7.63. The Labute approximate surface area is 91.2 Å². The largest absolute Gasteiger partial charge is 0.506 e. The SMILES string of the molecule is [NH3+]CC(O)c1ccc(O)c2[nH]c(=O)ccc12. The van der Waals surface area contributed by atoms with Gasteiger partial charge in [-0.2, -0.15) is 0 Å². The lowest BCUT2D eigenvalue weighted by atomic mass is 10.0. The number of aliphatic hydroxyl groups is 1. The first-order valence-corrected chi connectivity index (χ1v) is 4.95. The molecule has 1 heterocycles. The molecule has 0 spiro atoms. The van der Waals surface area contributed by atoms with Crippen LogP contribution in [-0.2, 0) is 0 Å². The summed E-state index contributed by atoms with van der Waals surface area (Å²) in [6.45, 7) is 0.332. The summed E-state index contributed by atoms with van der Waals surface area (Å²) in [4.78, 5) is 13.7. The Kier molecular flexibility index (Phi) is 2.64. The Bertz CT molecular complexity index is 577. The van der Waals surface area contributed by atoms with Crippen LogP contribution in [0, 0.1) is 0 Å². The number of fused-ring (bicyclic) bond motifs is 1. The van der Waals surface area contributed by atoms with Crippen molar-refractivity contribution < 1.29 is 15.9 Å². The Morgan fingerprint density at radius 3 is 2.75 bits per heavy atom. The number of hydrogen-bond donors (Lipinski definition) is 4. The van der Waals surface area contributed by atoms with Gasteiger partial charge in [-0.3, -0.25) is 4.79 Å². The summed E-state index contributed by atoms with van der Waals surface area (Å²) >= 11 is 0. The van der Waals surface area contributed by atoms with Crippen molar-refractivity contribution in [1.29, 1.82) is 0 Å². The molecule has 6 N–H and O–H groups in total. The number of H-pyrrole nitrogens is 1. The first-order valence-electron chi connectivity index (χ1n) is 4.95. The first kappa shape index (κ1) is 10.7. The van der Waals surface area contributed by atoms with Gasteiger partial charge in [-0.15, -0.1) is 0 Å². The van der Waals surface area contributed by atoms with Gasteiger partial charge in [0.1, 0.15) is 18.4 Å². The average molecular weight is 221 g/mol. The molecule has 16 heavy (non-hydrogen) atoms. The summed E-state index contributed by atoms with van der Waals surface area (Å²) in [6, 6.07) is 6.03. The maximum absolute atomic E-state index is 11.1. The number of aromatic hydroxyl groups is 1. The Balaban J connectivity index is 2.79. The number of rotatable bonds is 2. The van der Waals surface area contributed by atoms with Crippen LogP contribution in [0.25, 0.3) is 10.9 Å². The summed E-state index contributed by atoms with van der Waals surface area (Å²) in [7, 11) is 0. The van der Waals surface area contributed by atoms with Gasteiger partial charge in [-0.25, -0.2) is 0 Å². The van der Waals surface area contributed by atoms with Gasteiger partial charge in [0.15, 0.2) is 0 Å². The molecule has 0 amide bonds. The maximum Gasteiger partial charge on any atom is 0.248 e. The van der Waals surface area contributed by atoms with E-state index in [0.717, 1.165) is 0 Å². The summed E-state index contributed by atoms with van der Waals surface area (Å²) in [5.41, 5.74) is 4.33. The number of quaternary nitrogens is 1. The molecule has 0 fully saturated rings. The molecule has 0 bridgehead atoms. The highest BCUT2D eigenvalue weighted by molar-refractivity contribution is 5.87. The van der Waals surface area contributed by atoms with E-state index in [1.165, 1.54) is 12.1 Å². The third-order valence-corrected chi connectivity index (χ3v) is 2.54. The van der Waals surface area contributed by atoms with Crippen LogP contribution in [0.5, 0.6) is 5.75 Å². The molecule has 0 aliphatic carbocycles. The molecule has 1 aromatic carbocycles. The number of hydrogen-bond acceptors (Lipinski definition) is 3. The van der Waals surface area contributed by atoms with Gasteiger partial charge in [-0.05, 0) is 17.7 Å². The summed E-state index contributed by atoms with van der Waals surface area (Å²) in [6.07, 6.45) is -0.700. The molecule has 2 rings (SSSR count). The van der Waals surface area contributed by atoms with Crippen molar-refractivity contribution in [3.05, 3.63) is 40.2 Å². The van der Waals surface area contributed by atoms with Gasteiger partial charge in [0.2, 0.25) is 5.56 Å². The topological polar surface area (TPSA) is 101 Å². The molecule has 0 aliphatic heterocycles. The molecule has 1 aromatic heterocycles. The van der Waals surface area contributed by atoms with Crippen LogP contribution < -0.4 is 11.3 Å². The van der Waals surface area contributed by atoms with E-state index in [1.807, 2.05) is 0 Å². The van der Waals surface area contributed by atoms with Gasteiger partial charge < -0.3 is 20.9 Å². The smallest absolute Gasteiger partial charge is 0.248 e. The van der Waals surface area contributed by atoms with Crippen LogP contribution in [0.3, 0.4) is 0 Å². The van der Waals surface area contributed by atoms with Crippen molar-refractivity contribution in [2.45, 2.75) is 6.10 Å². The quantitative estimate of drug-likeness (QED) is 0.550. The molecule has 0 saturated heterocycles. The number of benzene rings is 1. The zero-order valence-electron chi connectivity index (χ0n) is 8.60. The standard InChI is InChI=1S/C11H12N2O3/c12-5-9(15)6-1-3-8(14)11-7(6)2-4-10(16)13-11/h1-4,9,14-15H,5,12H2,(H,13,16)/p+1. The van der Waals surface area contributed by atoms with Gasteiger partial charge in [0.25, 0.3) is 0 Å². The van der Waals surface area contributed by atoms with Crippen LogP contribution in [0.2, 0.25) is 0 Å². The van der Waals surface area contributed by atoms with E-state index in [9.17, 15) is 15.0 Å². The number of nitrogens with one attached hydrogen (secondary N) is 1. The van der Waals surface area contributed by atoms with E-state index < -0.39 is 6.10 Å². The normalized spacial score (nSPS) is 12.9. The Morgan fingerprint density at radius 1 is 1.31 bits per heavy atom. The predicted octanol–water partition coefficient (Wildman–Crippen LogP) is -0.491. The van der Waals surface area contributed by atoms with E-state index in [2.05, 4.69) is 10.7 Å². The zero-order valence-corrected chi connectivity index (χ0v) is 8.60.